The van der Waals surface area contributed by atoms with Gasteiger partial charge >= 0.3 is 0 Å². The number of aliphatic hydroxyl groups is 1. The molecule has 1 amide bonds. The van der Waals surface area contributed by atoms with Gasteiger partial charge in [0.1, 0.15) is 0 Å². The number of rotatable bonds is 3. The molecule has 0 aromatic rings. The molecule has 1 unspecified atom stereocenters. The Morgan fingerprint density at radius 2 is 2.27 bits per heavy atom. The molecular weight excluding hydrogens is 198 g/mol. The third-order valence-corrected chi connectivity index (χ3v) is 2.96. The number of hydrogen-bond acceptors (Lipinski definition) is 4. The summed E-state index contributed by atoms with van der Waals surface area (Å²) in [6.07, 6.45) is -0.323. The van der Waals surface area contributed by atoms with Gasteiger partial charge in [-0.3, -0.25) is 9.59 Å². The van der Waals surface area contributed by atoms with Crippen LogP contribution in [0.4, 0.5) is 0 Å². The van der Waals surface area contributed by atoms with Gasteiger partial charge in [0.25, 0.3) is 5.91 Å². The molecule has 2 fully saturated rings. The summed E-state index contributed by atoms with van der Waals surface area (Å²) in [6, 6.07) is 0. The number of carbonyl (C=O) groups excluding carboxylic acids is 2. The fourth-order valence-corrected chi connectivity index (χ4v) is 2.32. The quantitative estimate of drug-likeness (QED) is 0.493. The maximum atomic E-state index is 11.6. The zero-order valence-electron chi connectivity index (χ0n) is 9.03. The molecule has 2 heterocycles. The van der Waals surface area contributed by atoms with Crippen LogP contribution in [0.1, 0.15) is 27.2 Å². The van der Waals surface area contributed by atoms with E-state index in [1.165, 1.54) is 6.92 Å². The van der Waals surface area contributed by atoms with Gasteiger partial charge in [-0.1, -0.05) is 13.8 Å². The Morgan fingerprint density at radius 1 is 1.67 bits per heavy atom. The van der Waals surface area contributed by atoms with Crippen LogP contribution < -0.4 is 5.32 Å². The van der Waals surface area contributed by atoms with Gasteiger partial charge in [0, 0.05) is 6.42 Å². The second-order valence-electron chi connectivity index (χ2n) is 4.77. The van der Waals surface area contributed by atoms with Crippen LogP contribution in [0.2, 0.25) is 0 Å². The number of Topliss-reactive ketones (excluding diaryl/α,β-unsaturated/α-hetero) is 1. The minimum absolute atomic E-state index is 0.210. The van der Waals surface area contributed by atoms with Crippen molar-refractivity contribution < 1.29 is 19.4 Å². The highest BCUT2D eigenvalue weighted by atomic mass is 16.6. The summed E-state index contributed by atoms with van der Waals surface area (Å²) in [4.78, 5) is 22.9. The normalized spacial score (nSPS) is 42.7. The van der Waals surface area contributed by atoms with Gasteiger partial charge < -0.3 is 15.2 Å². The van der Waals surface area contributed by atoms with Gasteiger partial charge in [-0.05, 0) is 12.8 Å². The maximum absolute atomic E-state index is 11.6. The Hall–Kier alpha value is -0.940. The highest BCUT2D eigenvalue weighted by Crippen LogP contribution is 2.50. The number of fused-ring (bicyclic) bond motifs is 1. The monoisotopic (exact) mass is 213 g/mol. The van der Waals surface area contributed by atoms with Crippen LogP contribution in [0, 0.1) is 5.92 Å². The molecule has 3 atom stereocenters. The predicted octanol–water partition coefficient (Wildman–Crippen LogP) is -0.423. The molecule has 2 aliphatic heterocycles. The van der Waals surface area contributed by atoms with Crippen molar-refractivity contribution in [3.63, 3.8) is 0 Å². The average molecular weight is 213 g/mol. The van der Waals surface area contributed by atoms with E-state index in [0.29, 0.717) is 6.42 Å². The molecule has 5 nitrogen and oxygen atoms in total. The highest BCUT2D eigenvalue weighted by molar-refractivity contribution is 6.14. The molecule has 0 aliphatic carbocycles. The van der Waals surface area contributed by atoms with E-state index in [-0.39, 0.29) is 11.7 Å². The molecule has 0 radical (unpaired) electrons. The lowest BCUT2D eigenvalue weighted by Crippen LogP contribution is -2.48. The van der Waals surface area contributed by atoms with Gasteiger partial charge in [0.15, 0.2) is 17.6 Å². The van der Waals surface area contributed by atoms with Gasteiger partial charge in [0.05, 0.1) is 0 Å². The summed E-state index contributed by atoms with van der Waals surface area (Å²) in [5.41, 5.74) is -2.78. The Morgan fingerprint density at radius 3 is 2.60 bits per heavy atom. The summed E-state index contributed by atoms with van der Waals surface area (Å²) in [7, 11) is 0. The first-order valence-corrected chi connectivity index (χ1v) is 5.07. The van der Waals surface area contributed by atoms with E-state index < -0.39 is 23.3 Å². The van der Waals surface area contributed by atoms with Gasteiger partial charge in [-0.25, -0.2) is 0 Å². The molecular formula is C10H15NO4. The second kappa shape index (κ2) is 2.80. The van der Waals surface area contributed by atoms with Gasteiger partial charge in [-0.2, -0.15) is 0 Å². The molecule has 2 saturated heterocycles. The fourth-order valence-electron chi connectivity index (χ4n) is 2.32. The summed E-state index contributed by atoms with van der Waals surface area (Å²) in [5.74, 6) is -0.643. The molecule has 0 saturated carbocycles. The Kier molecular flexibility index (Phi) is 1.97. The van der Waals surface area contributed by atoms with E-state index in [4.69, 9.17) is 4.74 Å². The molecule has 15 heavy (non-hydrogen) atoms. The molecule has 0 spiro atoms. The van der Waals surface area contributed by atoms with E-state index in [9.17, 15) is 14.7 Å². The van der Waals surface area contributed by atoms with Crippen molar-refractivity contribution in [1.82, 2.24) is 5.32 Å². The third kappa shape index (κ3) is 1.23. The summed E-state index contributed by atoms with van der Waals surface area (Å²) >= 11 is 0. The van der Waals surface area contributed by atoms with Crippen LogP contribution in [-0.4, -0.2) is 34.2 Å². The average Bonchev–Trinajstić information content (AvgIpc) is 2.72. The highest BCUT2D eigenvalue weighted by Gasteiger charge is 2.79. The molecule has 2 aliphatic rings. The maximum Gasteiger partial charge on any atom is 0.265 e. The number of hydrogen-bond donors (Lipinski definition) is 2. The fraction of sp³-hybridized carbons (Fsp3) is 0.800. The van der Waals surface area contributed by atoms with Gasteiger partial charge in [0.2, 0.25) is 5.60 Å². The summed E-state index contributed by atoms with van der Waals surface area (Å²) < 4.78 is 5.12. The molecule has 5 heteroatoms. The number of ether oxygens (including phenoxy) is 1. The molecule has 0 aromatic heterocycles. The van der Waals surface area contributed by atoms with Crippen molar-refractivity contribution in [2.24, 2.45) is 5.92 Å². The zero-order chi connectivity index (χ0) is 11.4. The SMILES string of the molecule is CC(=O)[C@]12O[C@H]1C(O)(CC(C)C)NC2=O. The molecule has 2 N–H and O–H groups in total. The lowest BCUT2D eigenvalue weighted by atomic mass is 9.93. The second-order valence-corrected chi connectivity index (χ2v) is 4.77. The van der Waals surface area contributed by atoms with E-state index >= 15 is 0 Å². The zero-order valence-corrected chi connectivity index (χ0v) is 9.03. The van der Waals surface area contributed by atoms with Crippen molar-refractivity contribution in [3.05, 3.63) is 0 Å². The van der Waals surface area contributed by atoms with Crippen LogP contribution in [0.15, 0.2) is 0 Å². The van der Waals surface area contributed by atoms with Crippen LogP contribution in [0.25, 0.3) is 0 Å². The first-order valence-electron chi connectivity index (χ1n) is 5.07. The third-order valence-electron chi connectivity index (χ3n) is 2.96. The predicted molar refractivity (Wildman–Crippen MR) is 50.8 cm³/mol. The Balaban J connectivity index is 2.23. The first kappa shape index (κ1) is 10.6. The topological polar surface area (TPSA) is 78.9 Å². The molecule has 2 rings (SSSR count). The number of ketones is 1. The summed E-state index contributed by atoms with van der Waals surface area (Å²) in [6.45, 7) is 5.17. The van der Waals surface area contributed by atoms with Crippen LogP contribution in [-0.2, 0) is 14.3 Å². The molecule has 0 bridgehead atoms. The molecule has 84 valence electrons. The van der Waals surface area contributed by atoms with Crippen LogP contribution in [0.3, 0.4) is 0 Å². The standard InChI is InChI=1S/C10H15NO4/c1-5(2)4-9(14)7-10(15-7,6(3)12)8(13)11-9/h5,7,14H,4H2,1-3H3,(H,11,13)/t7-,9?,10-/m0/s1. The summed E-state index contributed by atoms with van der Waals surface area (Å²) in [5, 5.41) is 12.6. The minimum Gasteiger partial charge on any atom is -0.368 e. The molecule has 0 aromatic carbocycles. The first-order chi connectivity index (χ1) is 6.83. The van der Waals surface area contributed by atoms with Crippen molar-refractivity contribution in [2.45, 2.75) is 44.6 Å². The Bertz CT molecular complexity index is 340. The van der Waals surface area contributed by atoms with Crippen molar-refractivity contribution in [3.8, 4) is 0 Å². The van der Waals surface area contributed by atoms with E-state index in [1.54, 1.807) is 0 Å². The van der Waals surface area contributed by atoms with Crippen molar-refractivity contribution in [2.75, 3.05) is 0 Å². The van der Waals surface area contributed by atoms with E-state index in [2.05, 4.69) is 5.32 Å². The van der Waals surface area contributed by atoms with Crippen LogP contribution >= 0.6 is 0 Å². The minimum atomic E-state index is -1.40. The lowest BCUT2D eigenvalue weighted by molar-refractivity contribution is -0.138. The Labute approximate surface area is 87.8 Å². The van der Waals surface area contributed by atoms with Crippen LogP contribution in [0.5, 0.6) is 0 Å². The van der Waals surface area contributed by atoms with E-state index in [1.807, 2.05) is 13.8 Å². The number of carbonyl (C=O) groups is 2. The van der Waals surface area contributed by atoms with Gasteiger partial charge in [-0.15, -0.1) is 0 Å². The number of amides is 1. The number of morpholine rings is 1. The smallest absolute Gasteiger partial charge is 0.265 e. The number of epoxide rings is 1. The lowest BCUT2D eigenvalue weighted by Gasteiger charge is -2.25. The largest absolute Gasteiger partial charge is 0.368 e. The number of nitrogens with one attached hydrogen (secondary N) is 1. The van der Waals surface area contributed by atoms with E-state index in [0.717, 1.165) is 0 Å². The van der Waals surface area contributed by atoms with Crippen molar-refractivity contribution in [1.29, 1.82) is 0 Å². The van der Waals surface area contributed by atoms with Crippen molar-refractivity contribution >= 4 is 11.7 Å².